The Hall–Kier alpha value is -1.80. The third kappa shape index (κ3) is 5.09. The van der Waals surface area contributed by atoms with E-state index in [1.165, 1.54) is 0 Å². The molecule has 0 spiro atoms. The number of aryl methyl sites for hydroxylation is 1. The maximum atomic E-state index is 12.7. The molecule has 2 heterocycles. The van der Waals surface area contributed by atoms with Gasteiger partial charge >= 0.3 is 0 Å². The zero-order valence-corrected chi connectivity index (χ0v) is 15.0. The number of benzene rings is 1. The molecular weight excluding hydrogens is 338 g/mol. The van der Waals surface area contributed by atoms with Gasteiger partial charge in [0.1, 0.15) is 0 Å². The lowest BCUT2D eigenvalue weighted by Gasteiger charge is -2.25. The summed E-state index contributed by atoms with van der Waals surface area (Å²) in [6.07, 6.45) is 1.33. The van der Waals surface area contributed by atoms with Gasteiger partial charge in [-0.15, -0.1) is 0 Å². The van der Waals surface area contributed by atoms with Crippen LogP contribution in [0.5, 0.6) is 0 Å². The molecule has 2 N–H and O–H groups in total. The minimum absolute atomic E-state index is 0.0742. The quantitative estimate of drug-likeness (QED) is 0.813. The Labute approximate surface area is 148 Å². The molecule has 3 rings (SSSR count). The first-order valence-corrected chi connectivity index (χ1v) is 9.98. The second kappa shape index (κ2) is 8.05. The van der Waals surface area contributed by atoms with Crippen molar-refractivity contribution in [3.05, 3.63) is 65.5 Å². The van der Waals surface area contributed by atoms with Gasteiger partial charge in [0.2, 0.25) is 10.0 Å². The van der Waals surface area contributed by atoms with Gasteiger partial charge in [0, 0.05) is 19.3 Å². The summed E-state index contributed by atoms with van der Waals surface area (Å²) in [5.41, 5.74) is 2.64. The van der Waals surface area contributed by atoms with Crippen LogP contribution in [0.2, 0.25) is 0 Å². The lowest BCUT2D eigenvalue weighted by molar-refractivity contribution is 0.0428. The Morgan fingerprint density at radius 3 is 2.72 bits per heavy atom. The second-order valence-corrected chi connectivity index (χ2v) is 7.99. The van der Waals surface area contributed by atoms with E-state index in [1.807, 2.05) is 49.4 Å². The normalized spacial score (nSPS) is 19.5. The van der Waals surface area contributed by atoms with Crippen LogP contribution in [0.25, 0.3) is 0 Å². The molecule has 0 aliphatic carbocycles. The Morgan fingerprint density at radius 2 is 2.08 bits per heavy atom. The number of nitrogens with zero attached hydrogens (tertiary/aromatic N) is 1. The maximum absolute atomic E-state index is 12.7. The van der Waals surface area contributed by atoms with Crippen molar-refractivity contribution in [2.75, 3.05) is 25.4 Å². The van der Waals surface area contributed by atoms with Crippen molar-refractivity contribution in [2.45, 2.75) is 19.1 Å². The van der Waals surface area contributed by atoms with Gasteiger partial charge in [0.15, 0.2) is 0 Å². The summed E-state index contributed by atoms with van der Waals surface area (Å²) >= 11 is 0. The highest BCUT2D eigenvalue weighted by molar-refractivity contribution is 7.89. The van der Waals surface area contributed by atoms with E-state index in [1.54, 1.807) is 6.20 Å². The van der Waals surface area contributed by atoms with Gasteiger partial charge in [-0.1, -0.05) is 35.9 Å². The molecular formula is C18H23N3O3S. The number of ether oxygens (including phenoxy) is 1. The molecule has 6 nitrogen and oxygen atoms in total. The zero-order valence-electron chi connectivity index (χ0n) is 14.2. The van der Waals surface area contributed by atoms with Crippen molar-refractivity contribution in [2.24, 2.45) is 0 Å². The molecule has 0 saturated carbocycles. The molecule has 25 heavy (non-hydrogen) atoms. The van der Waals surface area contributed by atoms with Crippen LogP contribution >= 0.6 is 0 Å². The van der Waals surface area contributed by atoms with Crippen molar-refractivity contribution in [1.29, 1.82) is 0 Å². The summed E-state index contributed by atoms with van der Waals surface area (Å²) in [5, 5.41) is 3.15. The number of sulfonamides is 1. The van der Waals surface area contributed by atoms with Crippen molar-refractivity contribution >= 4 is 10.0 Å². The second-order valence-electron chi connectivity index (χ2n) is 6.19. The minimum Gasteiger partial charge on any atom is -0.374 e. The summed E-state index contributed by atoms with van der Waals surface area (Å²) < 4.78 is 33.7. The van der Waals surface area contributed by atoms with Crippen LogP contribution in [-0.4, -0.2) is 45.0 Å². The predicted molar refractivity (Wildman–Crippen MR) is 96.8 cm³/mol. The van der Waals surface area contributed by atoms with Crippen LogP contribution in [0.1, 0.15) is 22.9 Å². The molecule has 1 aromatic heterocycles. The Morgan fingerprint density at radius 1 is 1.28 bits per heavy atom. The SMILES string of the molecule is Cc1ccc(C(NS(=O)(=O)CC2CNCCO2)c2ccccn2)cc1. The molecule has 1 aromatic carbocycles. The third-order valence-corrected chi connectivity index (χ3v) is 5.51. The number of pyridine rings is 1. The molecule has 0 amide bonds. The summed E-state index contributed by atoms with van der Waals surface area (Å²) in [7, 11) is -3.54. The molecule has 1 saturated heterocycles. The van der Waals surface area contributed by atoms with Crippen LogP contribution in [-0.2, 0) is 14.8 Å². The largest absolute Gasteiger partial charge is 0.374 e. The van der Waals surface area contributed by atoms with Gasteiger partial charge < -0.3 is 10.1 Å². The summed E-state index contributed by atoms with van der Waals surface area (Å²) in [5.74, 6) is -0.0742. The fourth-order valence-corrected chi connectivity index (χ4v) is 4.22. The first-order chi connectivity index (χ1) is 12.0. The molecule has 134 valence electrons. The Kier molecular flexibility index (Phi) is 5.80. The van der Waals surface area contributed by atoms with E-state index in [2.05, 4.69) is 15.0 Å². The smallest absolute Gasteiger partial charge is 0.215 e. The molecule has 2 unspecified atom stereocenters. The number of aromatic nitrogens is 1. The van der Waals surface area contributed by atoms with E-state index in [0.717, 1.165) is 17.7 Å². The molecule has 0 radical (unpaired) electrons. The molecule has 1 fully saturated rings. The lowest BCUT2D eigenvalue weighted by atomic mass is 10.0. The number of morpholine rings is 1. The molecule has 2 atom stereocenters. The topological polar surface area (TPSA) is 80.3 Å². The minimum atomic E-state index is -3.54. The first-order valence-electron chi connectivity index (χ1n) is 8.33. The average Bonchev–Trinajstić information content (AvgIpc) is 2.62. The van der Waals surface area contributed by atoms with Crippen LogP contribution in [0.4, 0.5) is 0 Å². The summed E-state index contributed by atoms with van der Waals surface area (Å²) in [6, 6.07) is 12.7. The van der Waals surface area contributed by atoms with Crippen LogP contribution in [0.15, 0.2) is 48.7 Å². The van der Waals surface area contributed by atoms with Crippen LogP contribution in [0, 0.1) is 6.92 Å². The van der Waals surface area contributed by atoms with Crippen LogP contribution < -0.4 is 10.0 Å². The summed E-state index contributed by atoms with van der Waals surface area (Å²) in [6.45, 7) is 3.82. The monoisotopic (exact) mass is 361 g/mol. The van der Waals surface area contributed by atoms with E-state index < -0.39 is 16.1 Å². The van der Waals surface area contributed by atoms with Crippen LogP contribution in [0.3, 0.4) is 0 Å². The molecule has 1 aliphatic heterocycles. The number of hydrogen-bond donors (Lipinski definition) is 2. The zero-order chi connectivity index (χ0) is 17.7. The standard InChI is InChI=1S/C18H23N3O3S/c1-14-5-7-15(8-6-14)18(17-4-2-3-9-20-17)21-25(22,23)13-16-12-19-10-11-24-16/h2-9,16,18-19,21H,10-13H2,1H3. The van der Waals surface area contributed by atoms with E-state index in [9.17, 15) is 8.42 Å². The van der Waals surface area contributed by atoms with Gasteiger partial charge in [0.25, 0.3) is 0 Å². The molecule has 0 bridgehead atoms. The molecule has 7 heteroatoms. The van der Waals surface area contributed by atoms with Gasteiger partial charge in [-0.3, -0.25) is 4.98 Å². The van der Waals surface area contributed by atoms with Gasteiger partial charge in [-0.05, 0) is 24.6 Å². The van der Waals surface area contributed by atoms with E-state index in [-0.39, 0.29) is 11.9 Å². The summed E-state index contributed by atoms with van der Waals surface area (Å²) in [4.78, 5) is 4.34. The van der Waals surface area contributed by atoms with Gasteiger partial charge in [-0.25, -0.2) is 13.1 Å². The average molecular weight is 361 g/mol. The highest BCUT2D eigenvalue weighted by atomic mass is 32.2. The van der Waals surface area contributed by atoms with Gasteiger partial charge in [-0.2, -0.15) is 0 Å². The van der Waals surface area contributed by atoms with E-state index in [0.29, 0.717) is 18.8 Å². The maximum Gasteiger partial charge on any atom is 0.215 e. The van der Waals surface area contributed by atoms with Crippen molar-refractivity contribution < 1.29 is 13.2 Å². The first kappa shape index (κ1) is 18.0. The number of rotatable bonds is 6. The Bertz CT molecular complexity index is 773. The predicted octanol–water partition coefficient (Wildman–Crippen LogP) is 1.39. The third-order valence-electron chi connectivity index (χ3n) is 4.10. The van der Waals surface area contributed by atoms with E-state index >= 15 is 0 Å². The highest BCUT2D eigenvalue weighted by Gasteiger charge is 2.26. The fourth-order valence-electron chi connectivity index (χ4n) is 2.80. The molecule has 2 aromatic rings. The molecule has 1 aliphatic rings. The highest BCUT2D eigenvalue weighted by Crippen LogP contribution is 2.22. The van der Waals surface area contributed by atoms with E-state index in [4.69, 9.17) is 4.74 Å². The van der Waals surface area contributed by atoms with Crippen molar-refractivity contribution in [3.63, 3.8) is 0 Å². The number of hydrogen-bond acceptors (Lipinski definition) is 5. The Balaban J connectivity index is 1.83. The van der Waals surface area contributed by atoms with Crippen molar-refractivity contribution in [1.82, 2.24) is 15.0 Å². The lowest BCUT2D eigenvalue weighted by Crippen LogP contribution is -2.45. The fraction of sp³-hybridized carbons (Fsp3) is 0.389. The van der Waals surface area contributed by atoms with Crippen molar-refractivity contribution in [3.8, 4) is 0 Å². The van der Waals surface area contributed by atoms with Gasteiger partial charge in [0.05, 0.1) is 30.2 Å². The number of nitrogens with one attached hydrogen (secondary N) is 2.